The highest BCUT2D eigenvalue weighted by Gasteiger charge is 2.19. The number of benzene rings is 2. The first kappa shape index (κ1) is 19.8. The van der Waals surface area contributed by atoms with Crippen molar-refractivity contribution in [2.24, 2.45) is 4.99 Å². The van der Waals surface area contributed by atoms with Gasteiger partial charge in [0, 0.05) is 29.8 Å². The number of aromatic nitrogens is 2. The second-order valence-electron chi connectivity index (χ2n) is 7.57. The van der Waals surface area contributed by atoms with Gasteiger partial charge in [-0.25, -0.2) is 10.4 Å². The lowest BCUT2D eigenvalue weighted by atomic mass is 9.97. The van der Waals surface area contributed by atoms with E-state index in [1.807, 2.05) is 79.8 Å². The molecule has 158 valence electrons. The summed E-state index contributed by atoms with van der Waals surface area (Å²) >= 11 is 0. The zero-order chi connectivity index (χ0) is 21.9. The van der Waals surface area contributed by atoms with E-state index in [0.717, 1.165) is 27.9 Å². The van der Waals surface area contributed by atoms with Gasteiger partial charge in [-0.2, -0.15) is 0 Å². The van der Waals surface area contributed by atoms with Crippen LogP contribution >= 0.6 is 0 Å². The van der Waals surface area contributed by atoms with Crippen LogP contribution < -0.4 is 10.7 Å². The first-order valence-electron chi connectivity index (χ1n) is 10.4. The third-order valence-electron chi connectivity index (χ3n) is 5.32. The van der Waals surface area contributed by atoms with Crippen LogP contribution in [0.25, 0.3) is 33.3 Å². The van der Waals surface area contributed by atoms with Crippen molar-refractivity contribution in [3.05, 3.63) is 84.7 Å². The van der Waals surface area contributed by atoms with E-state index >= 15 is 0 Å². The summed E-state index contributed by atoms with van der Waals surface area (Å²) in [5.41, 5.74) is 8.06. The van der Waals surface area contributed by atoms with E-state index in [1.54, 1.807) is 17.5 Å². The Morgan fingerprint density at radius 1 is 1.03 bits per heavy atom. The smallest absolute Gasteiger partial charge is 0.270 e. The van der Waals surface area contributed by atoms with E-state index in [4.69, 9.17) is 4.98 Å². The summed E-state index contributed by atoms with van der Waals surface area (Å²) in [6, 6.07) is 24.0. The van der Waals surface area contributed by atoms with E-state index in [0.29, 0.717) is 17.6 Å². The highest BCUT2D eigenvalue weighted by atomic mass is 16.1. The third kappa shape index (κ3) is 3.93. The molecule has 0 bridgehead atoms. The lowest BCUT2D eigenvalue weighted by molar-refractivity contribution is 0.0945. The molecule has 7 heteroatoms. The van der Waals surface area contributed by atoms with Gasteiger partial charge in [-0.05, 0) is 17.7 Å². The van der Waals surface area contributed by atoms with Gasteiger partial charge in [0.05, 0.1) is 17.8 Å². The summed E-state index contributed by atoms with van der Waals surface area (Å²) in [7, 11) is 1.86. The second-order valence-corrected chi connectivity index (χ2v) is 7.57. The lowest BCUT2D eigenvalue weighted by Crippen LogP contribution is -2.41. The van der Waals surface area contributed by atoms with Crippen molar-refractivity contribution in [3.63, 3.8) is 0 Å². The first-order chi connectivity index (χ1) is 15.7. The van der Waals surface area contributed by atoms with E-state index in [-0.39, 0.29) is 12.1 Å². The largest absolute Gasteiger partial charge is 0.347 e. The Kier molecular flexibility index (Phi) is 5.31. The van der Waals surface area contributed by atoms with Crippen molar-refractivity contribution in [2.75, 3.05) is 13.6 Å². The van der Waals surface area contributed by atoms with Gasteiger partial charge in [0.15, 0.2) is 0 Å². The molecule has 1 aliphatic heterocycles. The molecule has 32 heavy (non-hydrogen) atoms. The molecule has 0 spiro atoms. The minimum Gasteiger partial charge on any atom is -0.347 e. The molecular formula is C25H22N6O. The number of carbonyl (C=O) groups excluding carboxylic acids is 1. The molecule has 2 aromatic heterocycles. The van der Waals surface area contributed by atoms with Gasteiger partial charge >= 0.3 is 0 Å². The fraction of sp³-hybridized carbons (Fsp3) is 0.120. The molecule has 0 saturated carbocycles. The van der Waals surface area contributed by atoms with Gasteiger partial charge in [-0.3, -0.25) is 19.8 Å². The van der Waals surface area contributed by atoms with Crippen molar-refractivity contribution in [2.45, 2.75) is 6.17 Å². The van der Waals surface area contributed by atoms with Gasteiger partial charge < -0.3 is 5.32 Å². The summed E-state index contributed by atoms with van der Waals surface area (Å²) < 4.78 is 0. The summed E-state index contributed by atoms with van der Waals surface area (Å²) in [4.78, 5) is 26.6. The number of carbonyl (C=O) groups is 1. The first-order valence-corrected chi connectivity index (χ1v) is 10.4. The van der Waals surface area contributed by atoms with Gasteiger partial charge in [0.2, 0.25) is 0 Å². The van der Waals surface area contributed by atoms with Gasteiger partial charge in [-0.1, -0.05) is 60.7 Å². The van der Waals surface area contributed by atoms with Crippen molar-refractivity contribution < 1.29 is 4.79 Å². The Labute approximate surface area is 185 Å². The normalized spacial score (nSPS) is 15.3. The number of nitrogens with one attached hydrogen (secondary N) is 2. The van der Waals surface area contributed by atoms with E-state index in [9.17, 15) is 4.79 Å². The molecule has 0 radical (unpaired) electrons. The predicted octanol–water partition coefficient (Wildman–Crippen LogP) is 3.50. The lowest BCUT2D eigenvalue weighted by Gasteiger charge is -2.15. The number of nitrogens with zero attached hydrogens (tertiary/aromatic N) is 4. The topological polar surface area (TPSA) is 82.5 Å². The number of hydrogen-bond donors (Lipinski definition) is 2. The minimum atomic E-state index is -0.254. The molecule has 1 amide bonds. The highest BCUT2D eigenvalue weighted by Crippen LogP contribution is 2.33. The Balaban J connectivity index is 1.57. The highest BCUT2D eigenvalue weighted by molar-refractivity contribution is 6.06. The minimum absolute atomic E-state index is 0.193. The number of hydrazine groups is 1. The fourth-order valence-electron chi connectivity index (χ4n) is 3.78. The molecule has 1 unspecified atom stereocenters. The third-order valence-corrected chi connectivity index (χ3v) is 5.32. The van der Waals surface area contributed by atoms with Gasteiger partial charge in [0.25, 0.3) is 5.91 Å². The monoisotopic (exact) mass is 422 g/mol. The van der Waals surface area contributed by atoms with Crippen LogP contribution in [0.3, 0.4) is 0 Å². The number of aliphatic imine (C=N–C) groups is 1. The standard InChI is InChI=1S/C25H22N6O/c1-31-16-28-22(30-31)15-27-25(32)24-20-14-19(17-8-4-2-5-9-17)23(18-10-6-3-7-11-18)29-21(20)12-13-26-24/h2-14,16,22,30H,15H2,1H3,(H,27,32). The maximum absolute atomic E-state index is 13.0. The Bertz CT molecular complexity index is 1290. The van der Waals surface area contributed by atoms with Crippen LogP contribution in [0.4, 0.5) is 0 Å². The summed E-state index contributed by atoms with van der Waals surface area (Å²) in [6.07, 6.45) is 3.12. The molecule has 2 aromatic carbocycles. The van der Waals surface area contributed by atoms with Crippen molar-refractivity contribution >= 4 is 23.1 Å². The average Bonchev–Trinajstić information content (AvgIpc) is 3.27. The Hall–Kier alpha value is -4.10. The van der Waals surface area contributed by atoms with Gasteiger partial charge in [-0.15, -0.1) is 0 Å². The molecule has 1 aliphatic rings. The molecule has 0 aliphatic carbocycles. The van der Waals surface area contributed by atoms with Gasteiger partial charge in [0.1, 0.15) is 18.2 Å². The predicted molar refractivity (Wildman–Crippen MR) is 126 cm³/mol. The maximum Gasteiger partial charge on any atom is 0.270 e. The molecule has 2 N–H and O–H groups in total. The number of rotatable bonds is 5. The number of pyridine rings is 2. The SMILES string of the molecule is CN1C=NC(CNC(=O)c2nccc3nc(-c4ccccc4)c(-c4ccccc4)cc23)N1. The molecule has 0 saturated heterocycles. The average molecular weight is 422 g/mol. The van der Waals surface area contributed by atoms with Crippen LogP contribution in [0.5, 0.6) is 0 Å². The zero-order valence-electron chi connectivity index (χ0n) is 17.6. The number of hydrogen-bond acceptors (Lipinski definition) is 6. The van der Waals surface area contributed by atoms with E-state index < -0.39 is 0 Å². The van der Waals surface area contributed by atoms with Crippen molar-refractivity contribution in [3.8, 4) is 22.4 Å². The van der Waals surface area contributed by atoms with Crippen LogP contribution in [0.2, 0.25) is 0 Å². The van der Waals surface area contributed by atoms with Crippen LogP contribution in [0.15, 0.2) is 84.0 Å². The van der Waals surface area contributed by atoms with Crippen LogP contribution in [-0.2, 0) is 0 Å². The quantitative estimate of drug-likeness (QED) is 0.514. The summed E-state index contributed by atoms with van der Waals surface area (Å²) in [6.45, 7) is 0.360. The molecule has 5 rings (SSSR count). The molecule has 4 aromatic rings. The maximum atomic E-state index is 13.0. The van der Waals surface area contributed by atoms with E-state index in [1.165, 1.54) is 0 Å². The Morgan fingerprint density at radius 2 is 1.75 bits per heavy atom. The van der Waals surface area contributed by atoms with Crippen molar-refractivity contribution in [1.29, 1.82) is 0 Å². The molecule has 7 nitrogen and oxygen atoms in total. The summed E-state index contributed by atoms with van der Waals surface area (Å²) in [5, 5.41) is 5.40. The van der Waals surface area contributed by atoms with E-state index in [2.05, 4.69) is 20.7 Å². The molecular weight excluding hydrogens is 400 g/mol. The van der Waals surface area contributed by atoms with Crippen LogP contribution in [0, 0.1) is 0 Å². The zero-order valence-corrected chi connectivity index (χ0v) is 17.6. The molecule has 0 fully saturated rings. The molecule has 3 heterocycles. The van der Waals surface area contributed by atoms with Crippen molar-refractivity contribution in [1.82, 2.24) is 25.7 Å². The Morgan fingerprint density at radius 3 is 2.44 bits per heavy atom. The second kappa shape index (κ2) is 8.56. The van der Waals surface area contributed by atoms with Crippen LogP contribution in [-0.4, -0.2) is 47.0 Å². The summed E-state index contributed by atoms with van der Waals surface area (Å²) in [5.74, 6) is -0.254. The fourth-order valence-corrected chi connectivity index (χ4v) is 3.78. The number of fused-ring (bicyclic) bond motifs is 1. The van der Waals surface area contributed by atoms with Crippen LogP contribution in [0.1, 0.15) is 10.5 Å². The molecule has 1 atom stereocenters. The number of amides is 1.